The Bertz CT molecular complexity index is 345. The highest BCUT2D eigenvalue weighted by Gasteiger charge is 2.19. The van der Waals surface area contributed by atoms with E-state index in [1.165, 1.54) is 22.9 Å². The second-order valence-corrected chi connectivity index (χ2v) is 6.50. The number of hydrogen-bond donors (Lipinski definition) is 1. The predicted octanol–water partition coefficient (Wildman–Crippen LogP) is 3.90. The molecule has 0 fully saturated rings. The average molecular weight is 283 g/mol. The van der Waals surface area contributed by atoms with Gasteiger partial charge in [0, 0.05) is 30.2 Å². The molecule has 0 unspecified atom stereocenters. The van der Waals surface area contributed by atoms with Crippen LogP contribution in [0.3, 0.4) is 0 Å². The van der Waals surface area contributed by atoms with E-state index in [9.17, 15) is 0 Å². The van der Waals surface area contributed by atoms with Crippen LogP contribution in [0.5, 0.6) is 0 Å². The molecule has 0 aromatic carbocycles. The summed E-state index contributed by atoms with van der Waals surface area (Å²) in [4.78, 5) is 8.48. The molecule has 1 heterocycles. The Hall–Kier alpha value is -0.610. The fourth-order valence-corrected chi connectivity index (χ4v) is 3.23. The first kappa shape index (κ1) is 16.4. The molecule has 4 heteroatoms. The van der Waals surface area contributed by atoms with Crippen molar-refractivity contribution < 1.29 is 0 Å². The zero-order valence-corrected chi connectivity index (χ0v) is 13.9. The molecule has 0 spiro atoms. The molecule has 19 heavy (non-hydrogen) atoms. The molecule has 1 N–H and O–H groups in total. The molecular formula is C15H29N3S. The van der Waals surface area contributed by atoms with Gasteiger partial charge in [-0.1, -0.05) is 34.6 Å². The summed E-state index contributed by atoms with van der Waals surface area (Å²) < 4.78 is 0. The van der Waals surface area contributed by atoms with E-state index in [2.05, 4.69) is 49.8 Å². The fourth-order valence-electron chi connectivity index (χ4n) is 2.27. The third kappa shape index (κ3) is 5.11. The van der Waals surface area contributed by atoms with Crippen molar-refractivity contribution in [2.24, 2.45) is 5.92 Å². The number of anilines is 1. The van der Waals surface area contributed by atoms with Gasteiger partial charge in [0.15, 0.2) is 5.13 Å². The molecule has 1 aromatic heterocycles. The summed E-state index contributed by atoms with van der Waals surface area (Å²) in [6.45, 7) is 14.3. The van der Waals surface area contributed by atoms with Crippen molar-refractivity contribution in [3.63, 3.8) is 0 Å². The van der Waals surface area contributed by atoms with Crippen LogP contribution in [0, 0.1) is 5.92 Å². The largest absolute Gasteiger partial charge is 0.345 e. The average Bonchev–Trinajstić information content (AvgIpc) is 2.84. The van der Waals surface area contributed by atoms with Gasteiger partial charge < -0.3 is 10.2 Å². The van der Waals surface area contributed by atoms with Crippen LogP contribution in [-0.2, 0) is 6.54 Å². The standard InChI is InChI=1S/C15H29N3S/c1-6-13(7-2)18(11-12(4)5)15-17-10-14(19-15)9-16-8-3/h10,12-13,16H,6-9,11H2,1-5H3. The van der Waals surface area contributed by atoms with Gasteiger partial charge in [-0.15, -0.1) is 11.3 Å². The summed E-state index contributed by atoms with van der Waals surface area (Å²) in [7, 11) is 0. The van der Waals surface area contributed by atoms with Crippen LogP contribution < -0.4 is 10.2 Å². The van der Waals surface area contributed by atoms with Gasteiger partial charge in [0.25, 0.3) is 0 Å². The fraction of sp³-hybridized carbons (Fsp3) is 0.800. The molecule has 0 aliphatic heterocycles. The minimum Gasteiger partial charge on any atom is -0.345 e. The quantitative estimate of drug-likeness (QED) is 0.745. The van der Waals surface area contributed by atoms with E-state index in [1.54, 1.807) is 0 Å². The van der Waals surface area contributed by atoms with Crippen molar-refractivity contribution in [2.75, 3.05) is 18.0 Å². The maximum Gasteiger partial charge on any atom is 0.185 e. The number of hydrogen-bond acceptors (Lipinski definition) is 4. The van der Waals surface area contributed by atoms with Crippen LogP contribution in [0.25, 0.3) is 0 Å². The van der Waals surface area contributed by atoms with Gasteiger partial charge in [-0.25, -0.2) is 4.98 Å². The van der Waals surface area contributed by atoms with Crippen LogP contribution in [-0.4, -0.2) is 24.1 Å². The van der Waals surface area contributed by atoms with E-state index in [1.807, 2.05) is 17.5 Å². The van der Waals surface area contributed by atoms with E-state index in [4.69, 9.17) is 0 Å². The zero-order valence-electron chi connectivity index (χ0n) is 13.1. The van der Waals surface area contributed by atoms with Gasteiger partial charge in [0.2, 0.25) is 0 Å². The van der Waals surface area contributed by atoms with Gasteiger partial charge in [0.05, 0.1) is 0 Å². The number of nitrogens with zero attached hydrogens (tertiary/aromatic N) is 2. The van der Waals surface area contributed by atoms with Crippen LogP contribution in [0.2, 0.25) is 0 Å². The summed E-state index contributed by atoms with van der Waals surface area (Å²) in [5, 5.41) is 4.56. The molecular weight excluding hydrogens is 254 g/mol. The third-order valence-corrected chi connectivity index (χ3v) is 4.32. The lowest BCUT2D eigenvalue weighted by Gasteiger charge is -2.31. The second-order valence-electron chi connectivity index (χ2n) is 5.41. The first-order valence-corrected chi connectivity index (χ1v) is 8.35. The molecule has 3 nitrogen and oxygen atoms in total. The van der Waals surface area contributed by atoms with Crippen molar-refractivity contribution >= 4 is 16.5 Å². The smallest absolute Gasteiger partial charge is 0.185 e. The second kappa shape index (κ2) is 8.54. The Morgan fingerprint density at radius 2 is 1.95 bits per heavy atom. The number of thiazole rings is 1. The Labute approximate surface area is 122 Å². The third-order valence-electron chi connectivity index (χ3n) is 3.28. The molecule has 0 saturated carbocycles. The summed E-state index contributed by atoms with van der Waals surface area (Å²) in [6.07, 6.45) is 4.40. The van der Waals surface area contributed by atoms with Gasteiger partial charge in [0.1, 0.15) is 0 Å². The molecule has 1 rings (SSSR count). The first-order valence-electron chi connectivity index (χ1n) is 7.54. The van der Waals surface area contributed by atoms with Crippen molar-refractivity contribution in [3.05, 3.63) is 11.1 Å². The topological polar surface area (TPSA) is 28.2 Å². The highest BCUT2D eigenvalue weighted by Crippen LogP contribution is 2.27. The molecule has 0 amide bonds. The molecule has 1 aromatic rings. The molecule has 0 radical (unpaired) electrons. The lowest BCUT2D eigenvalue weighted by Crippen LogP contribution is -2.37. The minimum atomic E-state index is 0.612. The normalized spacial score (nSPS) is 11.5. The molecule has 0 aliphatic rings. The summed E-state index contributed by atoms with van der Waals surface area (Å²) >= 11 is 1.83. The molecule has 0 saturated heterocycles. The summed E-state index contributed by atoms with van der Waals surface area (Å²) in [6, 6.07) is 0.612. The highest BCUT2D eigenvalue weighted by atomic mass is 32.1. The Morgan fingerprint density at radius 3 is 2.47 bits per heavy atom. The van der Waals surface area contributed by atoms with Crippen molar-refractivity contribution in [1.29, 1.82) is 0 Å². The lowest BCUT2D eigenvalue weighted by molar-refractivity contribution is 0.507. The highest BCUT2D eigenvalue weighted by molar-refractivity contribution is 7.15. The Morgan fingerprint density at radius 1 is 1.26 bits per heavy atom. The van der Waals surface area contributed by atoms with Gasteiger partial charge >= 0.3 is 0 Å². The molecule has 0 aliphatic carbocycles. The van der Waals surface area contributed by atoms with Crippen molar-refractivity contribution in [1.82, 2.24) is 10.3 Å². The Kier molecular flexibility index (Phi) is 7.39. The van der Waals surface area contributed by atoms with E-state index in [0.29, 0.717) is 12.0 Å². The number of rotatable bonds is 9. The zero-order chi connectivity index (χ0) is 14.3. The molecule has 0 bridgehead atoms. The lowest BCUT2D eigenvalue weighted by atomic mass is 10.1. The van der Waals surface area contributed by atoms with Gasteiger partial charge in [-0.3, -0.25) is 0 Å². The monoisotopic (exact) mass is 283 g/mol. The predicted molar refractivity (Wildman–Crippen MR) is 86.0 cm³/mol. The number of nitrogens with one attached hydrogen (secondary N) is 1. The first-order chi connectivity index (χ1) is 9.12. The van der Waals surface area contributed by atoms with E-state index in [0.717, 1.165) is 19.6 Å². The maximum absolute atomic E-state index is 4.64. The van der Waals surface area contributed by atoms with Crippen LogP contribution >= 0.6 is 11.3 Å². The molecule has 110 valence electrons. The van der Waals surface area contributed by atoms with E-state index in [-0.39, 0.29) is 0 Å². The van der Waals surface area contributed by atoms with Crippen LogP contribution in [0.4, 0.5) is 5.13 Å². The SMILES string of the molecule is CCNCc1cnc(N(CC(C)C)C(CC)CC)s1. The van der Waals surface area contributed by atoms with Crippen LogP contribution in [0.15, 0.2) is 6.20 Å². The van der Waals surface area contributed by atoms with E-state index >= 15 is 0 Å². The van der Waals surface area contributed by atoms with Crippen molar-refractivity contribution in [2.45, 2.75) is 60.0 Å². The Balaban J connectivity index is 2.81. The summed E-state index contributed by atoms with van der Waals surface area (Å²) in [5.41, 5.74) is 0. The van der Waals surface area contributed by atoms with E-state index < -0.39 is 0 Å². The maximum atomic E-state index is 4.64. The van der Waals surface area contributed by atoms with Gasteiger partial charge in [-0.05, 0) is 25.3 Å². The number of aromatic nitrogens is 1. The summed E-state index contributed by atoms with van der Waals surface area (Å²) in [5.74, 6) is 0.668. The van der Waals surface area contributed by atoms with Crippen LogP contribution in [0.1, 0.15) is 52.3 Å². The minimum absolute atomic E-state index is 0.612. The molecule has 0 atom stereocenters. The van der Waals surface area contributed by atoms with Crippen molar-refractivity contribution in [3.8, 4) is 0 Å². The van der Waals surface area contributed by atoms with Gasteiger partial charge in [-0.2, -0.15) is 0 Å².